The lowest BCUT2D eigenvalue weighted by Crippen LogP contribution is -2.21. The van der Waals surface area contributed by atoms with Crippen LogP contribution in [-0.4, -0.2) is 32.3 Å². The third-order valence-corrected chi connectivity index (χ3v) is 8.39. The number of nitrogens with zero attached hydrogens (tertiary/aromatic N) is 2. The first-order valence-corrected chi connectivity index (χ1v) is 14.3. The second kappa shape index (κ2) is 12.4. The average molecular weight is 518 g/mol. The number of hydrogen-bond acceptors (Lipinski definition) is 5. The van der Waals surface area contributed by atoms with E-state index in [2.05, 4.69) is 54.4 Å². The number of benzene rings is 2. The molecule has 0 fully saturated rings. The van der Waals surface area contributed by atoms with Crippen LogP contribution in [-0.2, 0) is 12.8 Å². The Balaban J connectivity index is 1.72. The zero-order valence-corrected chi connectivity index (χ0v) is 23.6. The number of fused-ring (bicyclic) bond motifs is 1. The molecule has 0 atom stereocenters. The van der Waals surface area contributed by atoms with E-state index in [0.29, 0.717) is 0 Å². The van der Waals surface area contributed by atoms with E-state index in [1.165, 1.54) is 23.3 Å². The Hall–Kier alpha value is -3.12. The van der Waals surface area contributed by atoms with Crippen molar-refractivity contribution in [2.75, 3.05) is 30.4 Å². The second-order valence-electron chi connectivity index (χ2n) is 9.73. The van der Waals surface area contributed by atoms with Crippen LogP contribution in [0.5, 0.6) is 5.75 Å². The first-order valence-electron chi connectivity index (χ1n) is 13.4. The molecule has 1 N–H and O–H groups in total. The van der Waals surface area contributed by atoms with Gasteiger partial charge >= 0.3 is 0 Å². The van der Waals surface area contributed by atoms with E-state index in [-0.39, 0.29) is 5.91 Å². The Morgan fingerprint density at radius 3 is 2.54 bits per heavy atom. The van der Waals surface area contributed by atoms with Gasteiger partial charge in [-0.2, -0.15) is 0 Å². The van der Waals surface area contributed by atoms with Crippen LogP contribution in [0, 0.1) is 13.8 Å². The van der Waals surface area contributed by atoms with Crippen molar-refractivity contribution in [3.05, 3.63) is 69.1 Å². The van der Waals surface area contributed by atoms with Gasteiger partial charge in [-0.15, -0.1) is 11.3 Å². The molecule has 3 aromatic rings. The number of aliphatic imine (C=N–C) groups is 1. The number of carbonyl (C=O) groups excluding carboxylic acids is 1. The SMILES string of the molecule is CCN(CC)c1ccc(C=Nc2sc3c(c2C(=O)Nc2cc(C)ccc2C)CCCCCC3)c(OC)c1. The lowest BCUT2D eigenvalue weighted by atomic mass is 9.96. The molecule has 0 radical (unpaired) electrons. The highest BCUT2D eigenvalue weighted by Crippen LogP contribution is 2.40. The number of rotatable bonds is 8. The fourth-order valence-electron chi connectivity index (χ4n) is 5.01. The van der Waals surface area contributed by atoms with Gasteiger partial charge in [0.15, 0.2) is 0 Å². The monoisotopic (exact) mass is 517 g/mol. The van der Waals surface area contributed by atoms with E-state index in [1.807, 2.05) is 26.1 Å². The summed E-state index contributed by atoms with van der Waals surface area (Å²) in [6.45, 7) is 10.3. The van der Waals surface area contributed by atoms with E-state index >= 15 is 0 Å². The van der Waals surface area contributed by atoms with Crippen LogP contribution in [0.3, 0.4) is 0 Å². The summed E-state index contributed by atoms with van der Waals surface area (Å²) >= 11 is 1.67. The summed E-state index contributed by atoms with van der Waals surface area (Å²) < 4.78 is 5.72. The molecule has 196 valence electrons. The molecule has 6 heteroatoms. The van der Waals surface area contributed by atoms with Crippen molar-refractivity contribution in [2.24, 2.45) is 4.99 Å². The summed E-state index contributed by atoms with van der Waals surface area (Å²) in [5.74, 6) is 0.715. The quantitative estimate of drug-likeness (QED) is 0.309. The maximum Gasteiger partial charge on any atom is 0.259 e. The van der Waals surface area contributed by atoms with E-state index in [0.717, 1.165) is 83.2 Å². The van der Waals surface area contributed by atoms with Crippen molar-refractivity contribution in [1.82, 2.24) is 0 Å². The molecular formula is C31H39N3O2S. The summed E-state index contributed by atoms with van der Waals surface area (Å²) in [5, 5.41) is 3.98. The van der Waals surface area contributed by atoms with Gasteiger partial charge < -0.3 is 15.0 Å². The normalized spacial score (nSPS) is 13.6. The van der Waals surface area contributed by atoms with E-state index < -0.39 is 0 Å². The molecule has 1 aromatic heterocycles. The summed E-state index contributed by atoms with van der Waals surface area (Å²) in [6.07, 6.45) is 8.52. The fourth-order valence-corrected chi connectivity index (χ4v) is 6.24. The molecule has 1 amide bonds. The van der Waals surface area contributed by atoms with Gasteiger partial charge in [0.25, 0.3) is 5.91 Å². The lowest BCUT2D eigenvalue weighted by Gasteiger charge is -2.22. The molecule has 1 aliphatic carbocycles. The van der Waals surface area contributed by atoms with Crippen LogP contribution in [0.2, 0.25) is 0 Å². The molecule has 1 aliphatic rings. The first kappa shape index (κ1) is 26.9. The predicted octanol–water partition coefficient (Wildman–Crippen LogP) is 7.88. The van der Waals surface area contributed by atoms with E-state index in [9.17, 15) is 4.79 Å². The molecule has 2 aromatic carbocycles. The minimum absolute atomic E-state index is 0.0669. The molecule has 0 saturated heterocycles. The van der Waals surface area contributed by atoms with Crippen molar-refractivity contribution in [3.8, 4) is 5.75 Å². The van der Waals surface area contributed by atoms with Crippen LogP contribution in [0.1, 0.15) is 77.0 Å². The van der Waals surface area contributed by atoms with E-state index in [1.54, 1.807) is 18.4 Å². The van der Waals surface area contributed by atoms with Gasteiger partial charge in [-0.05, 0) is 88.3 Å². The number of aryl methyl sites for hydroxylation is 3. The summed E-state index contributed by atoms with van der Waals surface area (Å²) in [5.41, 5.74) is 6.99. The van der Waals surface area contributed by atoms with Crippen molar-refractivity contribution in [3.63, 3.8) is 0 Å². The molecule has 0 saturated carbocycles. The highest BCUT2D eigenvalue weighted by Gasteiger charge is 2.24. The lowest BCUT2D eigenvalue weighted by molar-refractivity contribution is 0.102. The number of thiophene rings is 1. The maximum atomic E-state index is 13.7. The van der Waals surface area contributed by atoms with Gasteiger partial charge in [-0.3, -0.25) is 4.79 Å². The van der Waals surface area contributed by atoms with Gasteiger partial charge in [0.2, 0.25) is 0 Å². The summed E-state index contributed by atoms with van der Waals surface area (Å²) in [6, 6.07) is 12.4. The molecule has 4 rings (SSSR count). The molecule has 0 spiro atoms. The zero-order chi connectivity index (χ0) is 26.4. The van der Waals surface area contributed by atoms with Crippen LogP contribution < -0.4 is 15.0 Å². The van der Waals surface area contributed by atoms with Crippen LogP contribution in [0.4, 0.5) is 16.4 Å². The molecular weight excluding hydrogens is 478 g/mol. The van der Waals surface area contributed by atoms with Crippen molar-refractivity contribution >= 4 is 39.8 Å². The zero-order valence-electron chi connectivity index (χ0n) is 22.8. The Bertz CT molecular complexity index is 1270. The van der Waals surface area contributed by atoms with Crippen molar-refractivity contribution in [1.29, 1.82) is 0 Å². The maximum absolute atomic E-state index is 13.7. The van der Waals surface area contributed by atoms with Gasteiger partial charge in [-0.25, -0.2) is 4.99 Å². The standard InChI is InChI=1S/C31H39N3O2S/c1-6-34(7-2)24-17-16-23(27(19-24)36-5)20-32-31-29(25-12-10-8-9-11-13-28(25)37-31)30(35)33-26-18-21(3)14-15-22(26)4/h14-20H,6-13H2,1-5H3,(H,33,35). The van der Waals surface area contributed by atoms with Crippen LogP contribution in [0.15, 0.2) is 41.4 Å². The number of amides is 1. The number of nitrogens with one attached hydrogen (secondary N) is 1. The van der Waals surface area contributed by atoms with Gasteiger partial charge in [0.05, 0.1) is 12.7 Å². The first-order chi connectivity index (χ1) is 17.9. The van der Waals surface area contributed by atoms with E-state index in [4.69, 9.17) is 9.73 Å². The Labute approximate surface area is 225 Å². The molecule has 5 nitrogen and oxygen atoms in total. The summed E-state index contributed by atoms with van der Waals surface area (Å²) in [4.78, 5) is 22.2. The topological polar surface area (TPSA) is 53.9 Å². The number of carbonyl (C=O) groups is 1. The van der Waals surface area contributed by atoms with Gasteiger partial charge in [0.1, 0.15) is 10.8 Å². The molecule has 0 bridgehead atoms. The molecule has 1 heterocycles. The highest BCUT2D eigenvalue weighted by molar-refractivity contribution is 7.16. The minimum atomic E-state index is -0.0669. The molecule has 0 aliphatic heterocycles. The fraction of sp³-hybridized carbons (Fsp3) is 0.419. The Kier molecular flexibility index (Phi) is 9.04. The van der Waals surface area contributed by atoms with Gasteiger partial charge in [-0.1, -0.05) is 25.0 Å². The predicted molar refractivity (Wildman–Crippen MR) is 158 cm³/mol. The van der Waals surface area contributed by atoms with Gasteiger partial charge in [0, 0.05) is 47.2 Å². The average Bonchev–Trinajstić information content (AvgIpc) is 3.22. The third-order valence-electron chi connectivity index (χ3n) is 7.19. The largest absolute Gasteiger partial charge is 0.496 e. The number of anilines is 2. The molecule has 37 heavy (non-hydrogen) atoms. The number of ether oxygens (including phenoxy) is 1. The van der Waals surface area contributed by atoms with Crippen molar-refractivity contribution < 1.29 is 9.53 Å². The van der Waals surface area contributed by atoms with Crippen LogP contribution in [0.25, 0.3) is 0 Å². The van der Waals surface area contributed by atoms with Crippen LogP contribution >= 0.6 is 11.3 Å². The smallest absolute Gasteiger partial charge is 0.259 e. The molecule has 0 unspecified atom stereocenters. The Morgan fingerprint density at radius 1 is 1.05 bits per heavy atom. The summed E-state index contributed by atoms with van der Waals surface area (Å²) in [7, 11) is 1.69. The number of methoxy groups -OCH3 is 1. The van der Waals surface area contributed by atoms with Crippen molar-refractivity contribution in [2.45, 2.75) is 66.2 Å². The second-order valence-corrected chi connectivity index (χ2v) is 10.8. The number of hydrogen-bond donors (Lipinski definition) is 1. The highest BCUT2D eigenvalue weighted by atomic mass is 32.1. The third kappa shape index (κ3) is 6.24. The Morgan fingerprint density at radius 2 is 1.81 bits per heavy atom. The minimum Gasteiger partial charge on any atom is -0.496 e.